The van der Waals surface area contributed by atoms with Crippen LogP contribution in [0.3, 0.4) is 0 Å². The molecule has 24 heavy (non-hydrogen) atoms. The summed E-state index contributed by atoms with van der Waals surface area (Å²) in [5, 5.41) is 0.116. The summed E-state index contributed by atoms with van der Waals surface area (Å²) in [6, 6.07) is 3.34. The fourth-order valence-electron chi connectivity index (χ4n) is 2.42. The van der Waals surface area contributed by atoms with Gasteiger partial charge in [-0.2, -0.15) is 4.31 Å². The molecule has 2 heterocycles. The lowest BCUT2D eigenvalue weighted by Gasteiger charge is -2.27. The van der Waals surface area contributed by atoms with Crippen LogP contribution in [0.15, 0.2) is 29.3 Å². The molecule has 126 valence electrons. The van der Waals surface area contributed by atoms with Gasteiger partial charge < -0.3 is 5.73 Å². The molecular weight excluding hydrogens is 359 g/mol. The van der Waals surface area contributed by atoms with Gasteiger partial charge in [0.1, 0.15) is 10.7 Å². The summed E-state index contributed by atoms with van der Waals surface area (Å²) in [7, 11) is -4.09. The van der Waals surface area contributed by atoms with Crippen molar-refractivity contribution >= 4 is 27.5 Å². The minimum absolute atomic E-state index is 0.105. The van der Waals surface area contributed by atoms with E-state index in [9.17, 15) is 17.6 Å². The van der Waals surface area contributed by atoms with Crippen LogP contribution in [0.25, 0.3) is 0 Å². The SMILES string of the molecule is NC(=O)c1ncc2c(n1)CN(S(=O)(=O)c1cc(Cl)ccc1F)CC2. The van der Waals surface area contributed by atoms with Crippen molar-refractivity contribution in [2.24, 2.45) is 5.73 Å². The third kappa shape index (κ3) is 2.97. The van der Waals surface area contributed by atoms with E-state index in [2.05, 4.69) is 9.97 Å². The van der Waals surface area contributed by atoms with Gasteiger partial charge in [0.25, 0.3) is 5.91 Å². The Morgan fingerprint density at radius 1 is 1.38 bits per heavy atom. The molecule has 7 nitrogen and oxygen atoms in total. The van der Waals surface area contributed by atoms with E-state index >= 15 is 0 Å². The Labute approximate surface area is 142 Å². The highest BCUT2D eigenvalue weighted by atomic mass is 35.5. The second-order valence-corrected chi connectivity index (χ2v) is 7.54. The summed E-state index contributed by atoms with van der Waals surface area (Å²) in [6.07, 6.45) is 1.79. The molecule has 1 aliphatic rings. The topological polar surface area (TPSA) is 106 Å². The lowest BCUT2D eigenvalue weighted by atomic mass is 10.1. The summed E-state index contributed by atoms with van der Waals surface area (Å²) < 4.78 is 40.4. The normalized spacial score (nSPS) is 15.1. The number of rotatable bonds is 3. The van der Waals surface area contributed by atoms with E-state index in [1.54, 1.807) is 0 Å². The monoisotopic (exact) mass is 370 g/mol. The Kier molecular flexibility index (Phi) is 4.24. The number of hydrogen-bond donors (Lipinski definition) is 1. The van der Waals surface area contributed by atoms with Crippen LogP contribution in [-0.4, -0.2) is 35.1 Å². The van der Waals surface area contributed by atoms with Crippen LogP contribution < -0.4 is 5.73 Å². The summed E-state index contributed by atoms with van der Waals surface area (Å²) >= 11 is 5.78. The van der Waals surface area contributed by atoms with Gasteiger partial charge in [0, 0.05) is 17.8 Å². The van der Waals surface area contributed by atoms with Gasteiger partial charge in [-0.1, -0.05) is 11.6 Å². The Morgan fingerprint density at radius 2 is 2.12 bits per heavy atom. The van der Waals surface area contributed by atoms with E-state index in [4.69, 9.17) is 17.3 Å². The van der Waals surface area contributed by atoms with Crippen LogP contribution in [0.4, 0.5) is 4.39 Å². The second-order valence-electron chi connectivity index (χ2n) is 5.19. The Hall–Kier alpha value is -2.10. The highest BCUT2D eigenvalue weighted by Crippen LogP contribution is 2.27. The molecule has 0 atom stereocenters. The standard InChI is InChI=1S/C14H12ClFN4O3S/c15-9-1-2-10(16)12(5-9)24(22,23)20-4-3-8-6-18-14(13(17)21)19-11(8)7-20/h1-2,5-6H,3-4,7H2,(H2,17,21). The number of fused-ring (bicyclic) bond motifs is 1. The van der Waals surface area contributed by atoms with Gasteiger partial charge in [-0.05, 0) is 30.2 Å². The van der Waals surface area contributed by atoms with Gasteiger partial charge in [0.2, 0.25) is 15.8 Å². The summed E-state index contributed by atoms with van der Waals surface area (Å²) in [6.45, 7) is 0.0347. The third-order valence-corrected chi connectivity index (χ3v) is 5.74. The molecule has 1 aliphatic heterocycles. The van der Waals surface area contributed by atoms with Crippen LogP contribution in [-0.2, 0) is 23.0 Å². The van der Waals surface area contributed by atoms with Crippen molar-refractivity contribution in [3.05, 3.63) is 52.3 Å². The van der Waals surface area contributed by atoms with Gasteiger partial charge in [-0.15, -0.1) is 0 Å². The van der Waals surface area contributed by atoms with Crippen LogP contribution in [0.2, 0.25) is 5.02 Å². The fraction of sp³-hybridized carbons (Fsp3) is 0.214. The summed E-state index contributed by atoms with van der Waals surface area (Å²) in [4.78, 5) is 18.5. The first-order chi connectivity index (χ1) is 11.3. The van der Waals surface area contributed by atoms with Crippen molar-refractivity contribution in [3.8, 4) is 0 Å². The van der Waals surface area contributed by atoms with E-state index in [0.717, 1.165) is 22.0 Å². The summed E-state index contributed by atoms with van der Waals surface area (Å²) in [5.74, 6) is -1.88. The smallest absolute Gasteiger partial charge is 0.286 e. The number of amides is 1. The Morgan fingerprint density at radius 3 is 2.83 bits per heavy atom. The fourth-order valence-corrected chi connectivity index (χ4v) is 4.15. The zero-order chi connectivity index (χ0) is 17.5. The van der Waals surface area contributed by atoms with Crippen molar-refractivity contribution in [1.29, 1.82) is 0 Å². The van der Waals surface area contributed by atoms with Crippen molar-refractivity contribution in [2.75, 3.05) is 6.54 Å². The van der Waals surface area contributed by atoms with Crippen molar-refractivity contribution < 1.29 is 17.6 Å². The second kappa shape index (κ2) is 6.08. The number of hydrogen-bond acceptors (Lipinski definition) is 5. The van der Waals surface area contributed by atoms with Crippen molar-refractivity contribution in [3.63, 3.8) is 0 Å². The molecule has 10 heteroatoms. The highest BCUT2D eigenvalue weighted by Gasteiger charge is 2.31. The molecule has 0 aliphatic carbocycles. The van der Waals surface area contributed by atoms with Crippen molar-refractivity contribution in [1.82, 2.24) is 14.3 Å². The van der Waals surface area contributed by atoms with E-state index < -0.39 is 26.6 Å². The van der Waals surface area contributed by atoms with E-state index in [0.29, 0.717) is 12.1 Å². The Bertz CT molecular complexity index is 936. The van der Waals surface area contributed by atoms with Crippen molar-refractivity contribution in [2.45, 2.75) is 17.9 Å². The number of carbonyl (C=O) groups is 1. The molecule has 2 N–H and O–H groups in total. The first kappa shape index (κ1) is 16.7. The number of benzene rings is 1. The predicted molar refractivity (Wildman–Crippen MR) is 83.3 cm³/mol. The first-order valence-corrected chi connectivity index (χ1v) is 8.70. The molecule has 0 bridgehead atoms. The largest absolute Gasteiger partial charge is 0.363 e. The lowest BCUT2D eigenvalue weighted by molar-refractivity contribution is 0.0990. The average molecular weight is 371 g/mol. The number of sulfonamides is 1. The number of halogens is 2. The first-order valence-electron chi connectivity index (χ1n) is 6.89. The van der Waals surface area contributed by atoms with E-state index in [-0.39, 0.29) is 23.9 Å². The maximum atomic E-state index is 13.9. The number of carbonyl (C=O) groups excluding carboxylic acids is 1. The van der Waals surface area contributed by atoms with Gasteiger partial charge >= 0.3 is 0 Å². The number of nitrogens with zero attached hydrogens (tertiary/aromatic N) is 3. The highest BCUT2D eigenvalue weighted by molar-refractivity contribution is 7.89. The minimum atomic E-state index is -4.09. The molecule has 0 saturated carbocycles. The molecule has 0 unspecified atom stereocenters. The van der Waals surface area contributed by atoms with Crippen LogP contribution >= 0.6 is 11.6 Å². The van der Waals surface area contributed by atoms with Gasteiger partial charge in [-0.3, -0.25) is 4.79 Å². The predicted octanol–water partition coefficient (Wildman–Crippen LogP) is 1.11. The number of aromatic nitrogens is 2. The molecule has 0 saturated heterocycles. The quantitative estimate of drug-likeness (QED) is 0.871. The zero-order valence-electron chi connectivity index (χ0n) is 12.2. The molecule has 0 fully saturated rings. The Balaban J connectivity index is 1.98. The average Bonchev–Trinajstić information content (AvgIpc) is 2.55. The summed E-state index contributed by atoms with van der Waals surface area (Å²) in [5.41, 5.74) is 6.23. The van der Waals surface area contributed by atoms with Crippen LogP contribution in [0.1, 0.15) is 21.9 Å². The molecular formula is C14H12ClFN4O3S. The molecule has 2 aromatic rings. The molecule has 1 amide bonds. The van der Waals surface area contributed by atoms with E-state index in [1.165, 1.54) is 12.3 Å². The number of primary amides is 1. The molecule has 0 spiro atoms. The number of nitrogens with two attached hydrogens (primary N) is 1. The van der Waals surface area contributed by atoms with Crippen LogP contribution in [0.5, 0.6) is 0 Å². The molecule has 3 rings (SSSR count). The van der Waals surface area contributed by atoms with E-state index in [1.807, 2.05) is 0 Å². The lowest BCUT2D eigenvalue weighted by Crippen LogP contribution is -2.37. The molecule has 0 radical (unpaired) electrons. The van der Waals surface area contributed by atoms with Gasteiger partial charge in [-0.25, -0.2) is 22.8 Å². The molecule has 1 aromatic carbocycles. The maximum Gasteiger partial charge on any atom is 0.286 e. The van der Waals surface area contributed by atoms with Crippen LogP contribution in [0, 0.1) is 5.82 Å². The minimum Gasteiger partial charge on any atom is -0.363 e. The van der Waals surface area contributed by atoms with Gasteiger partial charge in [0.05, 0.1) is 12.2 Å². The third-order valence-electron chi connectivity index (χ3n) is 3.64. The molecule has 1 aromatic heterocycles. The zero-order valence-corrected chi connectivity index (χ0v) is 13.8. The maximum absolute atomic E-state index is 13.9. The van der Waals surface area contributed by atoms with Gasteiger partial charge in [0.15, 0.2) is 0 Å².